The number of phenols is 1. The highest BCUT2D eigenvalue weighted by atomic mass is 19.4. The molecule has 0 saturated heterocycles. The van der Waals surface area contributed by atoms with E-state index in [9.17, 15) is 13.2 Å². The van der Waals surface area contributed by atoms with Crippen LogP contribution in [-0.4, -0.2) is 17.4 Å². The number of fused-ring (bicyclic) bond motifs is 1. The number of hydrogen-bond acceptors (Lipinski definition) is 2. The van der Waals surface area contributed by atoms with Crippen molar-refractivity contribution in [1.82, 2.24) is 0 Å². The maximum absolute atomic E-state index is 12.3. The van der Waals surface area contributed by atoms with E-state index in [-0.39, 0.29) is 11.5 Å². The van der Waals surface area contributed by atoms with Crippen molar-refractivity contribution in [3.8, 4) is 11.5 Å². The maximum Gasteiger partial charge on any atom is 0.429 e. The molecule has 0 spiro atoms. The van der Waals surface area contributed by atoms with Crippen molar-refractivity contribution in [2.45, 2.75) is 12.3 Å². The molecule has 0 bridgehead atoms. The largest absolute Gasteiger partial charge is 0.508 e. The van der Waals surface area contributed by atoms with Gasteiger partial charge in [-0.1, -0.05) is 6.08 Å². The fourth-order valence-corrected chi connectivity index (χ4v) is 1.32. The third-order valence-electron chi connectivity index (χ3n) is 2.02. The van der Waals surface area contributed by atoms with Crippen LogP contribution in [0, 0.1) is 0 Å². The first-order valence-corrected chi connectivity index (χ1v) is 4.21. The Morgan fingerprint density at radius 1 is 1.27 bits per heavy atom. The van der Waals surface area contributed by atoms with E-state index in [2.05, 4.69) is 0 Å². The minimum Gasteiger partial charge on any atom is -0.508 e. The van der Waals surface area contributed by atoms with E-state index in [0.717, 1.165) is 6.08 Å². The van der Waals surface area contributed by atoms with Gasteiger partial charge in [-0.15, -0.1) is 0 Å². The topological polar surface area (TPSA) is 29.5 Å². The van der Waals surface area contributed by atoms with Gasteiger partial charge in [0.1, 0.15) is 11.5 Å². The molecule has 5 heteroatoms. The first-order valence-electron chi connectivity index (χ1n) is 4.21. The van der Waals surface area contributed by atoms with E-state index >= 15 is 0 Å². The van der Waals surface area contributed by atoms with Crippen LogP contribution in [0.4, 0.5) is 13.2 Å². The summed E-state index contributed by atoms with van der Waals surface area (Å²) in [4.78, 5) is 0. The second-order valence-electron chi connectivity index (χ2n) is 3.16. The Kier molecular flexibility index (Phi) is 2.10. The molecule has 15 heavy (non-hydrogen) atoms. The predicted molar refractivity (Wildman–Crippen MR) is 47.6 cm³/mol. The molecule has 0 amide bonds. The van der Waals surface area contributed by atoms with Crippen LogP contribution in [0.2, 0.25) is 0 Å². The maximum atomic E-state index is 12.3. The monoisotopic (exact) mass is 216 g/mol. The van der Waals surface area contributed by atoms with Gasteiger partial charge in [0.05, 0.1) is 0 Å². The predicted octanol–water partition coefficient (Wildman–Crippen LogP) is 2.73. The number of benzene rings is 1. The summed E-state index contributed by atoms with van der Waals surface area (Å²) in [6.45, 7) is 0. The van der Waals surface area contributed by atoms with Gasteiger partial charge in [0.25, 0.3) is 0 Å². The van der Waals surface area contributed by atoms with Crippen LogP contribution in [0.15, 0.2) is 24.3 Å². The molecule has 1 aliphatic heterocycles. The molecule has 80 valence electrons. The van der Waals surface area contributed by atoms with Crippen molar-refractivity contribution in [3.63, 3.8) is 0 Å². The Hall–Kier alpha value is -1.65. The molecule has 0 aliphatic carbocycles. The molecular weight excluding hydrogens is 209 g/mol. The summed E-state index contributed by atoms with van der Waals surface area (Å²) in [5.74, 6) is 0.116. The van der Waals surface area contributed by atoms with Crippen LogP contribution in [0.25, 0.3) is 6.08 Å². The quantitative estimate of drug-likeness (QED) is 0.722. The lowest BCUT2D eigenvalue weighted by Gasteiger charge is -2.23. The molecule has 1 N–H and O–H groups in total. The highest BCUT2D eigenvalue weighted by Crippen LogP contribution is 2.34. The molecule has 1 unspecified atom stereocenters. The van der Waals surface area contributed by atoms with E-state index in [0.29, 0.717) is 5.56 Å². The number of hydrogen-bond donors (Lipinski definition) is 1. The normalized spacial score (nSPS) is 19.5. The van der Waals surface area contributed by atoms with Crippen LogP contribution >= 0.6 is 0 Å². The zero-order valence-electron chi connectivity index (χ0n) is 7.45. The van der Waals surface area contributed by atoms with Crippen LogP contribution in [-0.2, 0) is 0 Å². The van der Waals surface area contributed by atoms with Gasteiger partial charge in [0.15, 0.2) is 0 Å². The molecule has 2 nitrogen and oxygen atoms in total. The van der Waals surface area contributed by atoms with Crippen molar-refractivity contribution in [2.24, 2.45) is 0 Å². The highest BCUT2D eigenvalue weighted by molar-refractivity contribution is 5.61. The highest BCUT2D eigenvalue weighted by Gasteiger charge is 2.41. The number of phenolic OH excluding ortho intramolecular Hbond substituents is 1. The smallest absolute Gasteiger partial charge is 0.429 e. The second-order valence-corrected chi connectivity index (χ2v) is 3.16. The first-order chi connectivity index (χ1) is 6.97. The summed E-state index contributed by atoms with van der Waals surface area (Å²) in [6, 6.07) is 3.94. The van der Waals surface area contributed by atoms with Gasteiger partial charge in [-0.3, -0.25) is 0 Å². The third kappa shape index (κ3) is 1.91. The lowest BCUT2D eigenvalue weighted by Crippen LogP contribution is -2.33. The Balaban J connectivity index is 2.32. The zero-order valence-corrected chi connectivity index (χ0v) is 7.45. The van der Waals surface area contributed by atoms with Gasteiger partial charge in [-0.2, -0.15) is 13.2 Å². The lowest BCUT2D eigenvalue weighted by molar-refractivity contribution is -0.180. The Bertz CT molecular complexity index is 410. The number of alkyl halides is 3. The Labute approximate surface area is 83.6 Å². The summed E-state index contributed by atoms with van der Waals surface area (Å²) in [7, 11) is 0. The summed E-state index contributed by atoms with van der Waals surface area (Å²) in [5, 5.41) is 9.10. The fraction of sp³-hybridized carbons (Fsp3) is 0.200. The minimum atomic E-state index is -4.41. The molecule has 1 heterocycles. The summed E-state index contributed by atoms with van der Waals surface area (Å²) < 4.78 is 41.6. The van der Waals surface area contributed by atoms with E-state index < -0.39 is 12.3 Å². The van der Waals surface area contributed by atoms with Crippen LogP contribution in [0.1, 0.15) is 5.56 Å². The average molecular weight is 216 g/mol. The summed E-state index contributed by atoms with van der Waals surface area (Å²) in [6.07, 6.45) is -4.11. The third-order valence-corrected chi connectivity index (χ3v) is 2.02. The molecule has 2 rings (SSSR count). The Morgan fingerprint density at radius 3 is 2.67 bits per heavy atom. The van der Waals surface area contributed by atoms with Crippen LogP contribution in [0.5, 0.6) is 11.5 Å². The molecule has 1 atom stereocenters. The minimum absolute atomic E-state index is 0.00698. The number of rotatable bonds is 0. The lowest BCUT2D eigenvalue weighted by atomic mass is 10.1. The molecular formula is C10H7F3O2. The molecule has 0 radical (unpaired) electrons. The fourth-order valence-electron chi connectivity index (χ4n) is 1.32. The van der Waals surface area contributed by atoms with Gasteiger partial charge in [0.2, 0.25) is 6.10 Å². The van der Waals surface area contributed by atoms with Crippen molar-refractivity contribution < 1.29 is 23.0 Å². The number of halogens is 3. The molecule has 1 aliphatic rings. The van der Waals surface area contributed by atoms with Crippen LogP contribution < -0.4 is 4.74 Å². The Morgan fingerprint density at radius 2 is 2.00 bits per heavy atom. The van der Waals surface area contributed by atoms with Gasteiger partial charge in [-0.25, -0.2) is 0 Å². The SMILES string of the molecule is Oc1ccc2c(c1)C=CC(C(F)(F)F)O2. The molecule has 1 aromatic carbocycles. The van der Waals surface area contributed by atoms with Gasteiger partial charge >= 0.3 is 6.18 Å². The van der Waals surface area contributed by atoms with E-state index in [4.69, 9.17) is 9.84 Å². The van der Waals surface area contributed by atoms with Gasteiger partial charge in [0, 0.05) is 5.56 Å². The zero-order chi connectivity index (χ0) is 11.1. The summed E-state index contributed by atoms with van der Waals surface area (Å²) >= 11 is 0. The van der Waals surface area contributed by atoms with Crippen LogP contribution in [0.3, 0.4) is 0 Å². The molecule has 1 aromatic rings. The molecule has 0 fully saturated rings. The molecule has 0 saturated carbocycles. The van der Waals surface area contributed by atoms with Gasteiger partial charge in [-0.05, 0) is 24.3 Å². The molecule has 0 aromatic heterocycles. The van der Waals surface area contributed by atoms with Gasteiger partial charge < -0.3 is 9.84 Å². The first kappa shape index (κ1) is 9.89. The summed E-state index contributed by atoms with van der Waals surface area (Å²) in [5.41, 5.74) is 0.440. The number of aromatic hydroxyl groups is 1. The van der Waals surface area contributed by atoms with E-state index in [1.807, 2.05) is 0 Å². The average Bonchev–Trinajstić information content (AvgIpc) is 2.15. The van der Waals surface area contributed by atoms with E-state index in [1.54, 1.807) is 0 Å². The van der Waals surface area contributed by atoms with Crippen molar-refractivity contribution >= 4 is 6.08 Å². The second kappa shape index (κ2) is 3.18. The van der Waals surface area contributed by atoms with Crippen molar-refractivity contribution in [1.29, 1.82) is 0 Å². The van der Waals surface area contributed by atoms with E-state index in [1.165, 1.54) is 24.3 Å². The standard InChI is InChI=1S/C10H7F3O2/c11-10(12,13)9-4-1-6-5-7(14)2-3-8(6)15-9/h1-5,9,14H. The van der Waals surface area contributed by atoms with Crippen molar-refractivity contribution in [2.75, 3.05) is 0 Å². The number of ether oxygens (including phenoxy) is 1. The van der Waals surface area contributed by atoms with Crippen molar-refractivity contribution in [3.05, 3.63) is 29.8 Å².